The van der Waals surface area contributed by atoms with Gasteiger partial charge in [-0.25, -0.2) is 10.3 Å². The zero-order valence-electron chi connectivity index (χ0n) is 17.9. The summed E-state index contributed by atoms with van der Waals surface area (Å²) < 4.78 is 10.5. The summed E-state index contributed by atoms with van der Waals surface area (Å²) in [5.41, 5.74) is 1.90. The van der Waals surface area contributed by atoms with E-state index in [0.717, 1.165) is 32.4 Å². The molecule has 0 aliphatic carbocycles. The number of amides is 3. The maximum Gasteiger partial charge on any atom is 0.407 e. The number of anilines is 1. The van der Waals surface area contributed by atoms with Crippen LogP contribution in [0.5, 0.6) is 0 Å². The number of alkyl carbamates (subject to hydrolysis) is 1. The number of carbonyl (C=O) groups excluding carboxylic acids is 3. The van der Waals surface area contributed by atoms with E-state index in [4.69, 9.17) is 14.7 Å². The van der Waals surface area contributed by atoms with Gasteiger partial charge in [0.15, 0.2) is 0 Å². The molecule has 0 radical (unpaired) electrons. The lowest BCUT2D eigenvalue weighted by Crippen LogP contribution is -2.45. The Labute approximate surface area is 182 Å². The van der Waals surface area contributed by atoms with E-state index < -0.39 is 23.9 Å². The fraction of sp³-hybridized carbons (Fsp3) is 0.571. The van der Waals surface area contributed by atoms with Crippen LogP contribution < -0.4 is 16.1 Å². The van der Waals surface area contributed by atoms with E-state index in [0.29, 0.717) is 26.2 Å². The van der Waals surface area contributed by atoms with Crippen molar-refractivity contribution in [1.82, 2.24) is 15.7 Å². The van der Waals surface area contributed by atoms with E-state index in [1.807, 2.05) is 6.92 Å². The molecule has 31 heavy (non-hydrogen) atoms. The van der Waals surface area contributed by atoms with Gasteiger partial charge in [0.05, 0.1) is 24.5 Å². The maximum absolute atomic E-state index is 12.8. The molecule has 0 spiro atoms. The van der Waals surface area contributed by atoms with Crippen molar-refractivity contribution in [2.45, 2.75) is 38.6 Å². The van der Waals surface area contributed by atoms with Gasteiger partial charge in [-0.1, -0.05) is 38.3 Å². The van der Waals surface area contributed by atoms with Crippen molar-refractivity contribution in [1.29, 1.82) is 0 Å². The Kier molecular flexibility index (Phi) is 10.8. The second-order valence-corrected chi connectivity index (χ2v) is 7.26. The third-order valence-electron chi connectivity index (χ3n) is 4.98. The van der Waals surface area contributed by atoms with Crippen LogP contribution in [0.25, 0.3) is 0 Å². The van der Waals surface area contributed by atoms with Crippen molar-refractivity contribution in [2.75, 3.05) is 44.8 Å². The first-order valence-corrected chi connectivity index (χ1v) is 10.6. The number of para-hydroxylation sites is 1. The van der Waals surface area contributed by atoms with Gasteiger partial charge in [-0.2, -0.15) is 0 Å². The van der Waals surface area contributed by atoms with Gasteiger partial charge in [0, 0.05) is 19.6 Å². The molecule has 1 unspecified atom stereocenters. The first kappa shape index (κ1) is 24.6. The lowest BCUT2D eigenvalue weighted by molar-refractivity contribution is -0.118. The Balaban J connectivity index is 1.93. The number of ether oxygens (including phenoxy) is 2. The molecule has 10 nitrogen and oxygen atoms in total. The van der Waals surface area contributed by atoms with Crippen LogP contribution in [0, 0.1) is 0 Å². The largest absolute Gasteiger partial charge is 0.448 e. The predicted molar refractivity (Wildman–Crippen MR) is 114 cm³/mol. The molecule has 1 aromatic carbocycles. The summed E-state index contributed by atoms with van der Waals surface area (Å²) in [5, 5.41) is 14.2. The fourth-order valence-corrected chi connectivity index (χ4v) is 3.21. The highest BCUT2D eigenvalue weighted by Gasteiger charge is 2.23. The number of unbranched alkanes of at least 4 members (excludes halogenated alkanes) is 2. The summed E-state index contributed by atoms with van der Waals surface area (Å²) in [6, 6.07) is 5.48. The number of morpholine rings is 1. The number of carbonyl (C=O) groups is 3. The van der Waals surface area contributed by atoms with Gasteiger partial charge in [0.25, 0.3) is 5.91 Å². The quantitative estimate of drug-likeness (QED) is 0.236. The molecule has 1 aliphatic heterocycles. The van der Waals surface area contributed by atoms with E-state index in [-0.39, 0.29) is 17.9 Å². The van der Waals surface area contributed by atoms with Crippen molar-refractivity contribution < 1.29 is 29.1 Å². The standard InChI is InChI=1S/C21H32N4O6/c1-2-3-4-9-18(23-21(28)31-15-12-25-10-13-30-14-11-25)20(27)22-17-8-6-5-7-16(17)19(26)24-29/h5-8,18,29H,2-4,9-15H2,1H3,(H,22,27)(H,23,28)(H,24,26). The number of hydrogen-bond acceptors (Lipinski definition) is 7. The SMILES string of the molecule is CCCCCC(NC(=O)OCCN1CCOCC1)C(=O)Nc1ccccc1C(=O)NO. The number of hydroxylamine groups is 1. The van der Waals surface area contributed by atoms with Crippen molar-refractivity contribution in [3.8, 4) is 0 Å². The number of nitrogens with one attached hydrogen (secondary N) is 3. The lowest BCUT2D eigenvalue weighted by atomic mass is 10.1. The predicted octanol–water partition coefficient (Wildman–Crippen LogP) is 1.75. The zero-order valence-corrected chi connectivity index (χ0v) is 17.9. The topological polar surface area (TPSA) is 129 Å². The third kappa shape index (κ3) is 8.52. The highest BCUT2D eigenvalue weighted by atomic mass is 16.5. The zero-order chi connectivity index (χ0) is 22.5. The van der Waals surface area contributed by atoms with E-state index in [2.05, 4.69) is 15.5 Å². The Morgan fingerprint density at radius 3 is 2.65 bits per heavy atom. The van der Waals surface area contributed by atoms with Gasteiger partial charge < -0.3 is 20.1 Å². The molecular weight excluding hydrogens is 404 g/mol. The first-order chi connectivity index (χ1) is 15.0. The van der Waals surface area contributed by atoms with Crippen molar-refractivity contribution in [3.63, 3.8) is 0 Å². The molecule has 0 bridgehead atoms. The van der Waals surface area contributed by atoms with E-state index in [1.54, 1.807) is 23.7 Å². The van der Waals surface area contributed by atoms with Gasteiger partial charge in [-0.15, -0.1) is 0 Å². The Hall–Kier alpha value is -2.69. The summed E-state index contributed by atoms with van der Waals surface area (Å²) in [6.07, 6.45) is 2.42. The molecule has 1 atom stereocenters. The van der Waals surface area contributed by atoms with Crippen molar-refractivity contribution in [2.24, 2.45) is 0 Å². The van der Waals surface area contributed by atoms with Crippen LogP contribution in [0.15, 0.2) is 24.3 Å². The molecule has 0 saturated carbocycles. The summed E-state index contributed by atoms with van der Waals surface area (Å²) in [6.45, 7) is 5.80. The van der Waals surface area contributed by atoms with Crippen LogP contribution in [-0.4, -0.2) is 73.5 Å². The average molecular weight is 437 g/mol. The molecule has 1 aromatic rings. The maximum atomic E-state index is 12.8. The van der Waals surface area contributed by atoms with Gasteiger partial charge >= 0.3 is 6.09 Å². The smallest absolute Gasteiger partial charge is 0.407 e. The average Bonchev–Trinajstić information content (AvgIpc) is 2.79. The summed E-state index contributed by atoms with van der Waals surface area (Å²) in [4.78, 5) is 39.0. The minimum Gasteiger partial charge on any atom is -0.448 e. The van der Waals surface area contributed by atoms with Crippen LogP contribution in [-0.2, 0) is 14.3 Å². The second kappa shape index (κ2) is 13.6. The van der Waals surface area contributed by atoms with Crippen LogP contribution in [0.1, 0.15) is 43.0 Å². The second-order valence-electron chi connectivity index (χ2n) is 7.26. The number of nitrogens with zero attached hydrogens (tertiary/aromatic N) is 1. The normalized spacial score (nSPS) is 15.0. The first-order valence-electron chi connectivity index (χ1n) is 10.6. The molecular formula is C21H32N4O6. The molecule has 1 fully saturated rings. The van der Waals surface area contributed by atoms with Crippen molar-refractivity contribution >= 4 is 23.6 Å². The summed E-state index contributed by atoms with van der Waals surface area (Å²) >= 11 is 0. The molecule has 3 amide bonds. The van der Waals surface area contributed by atoms with Crippen molar-refractivity contribution in [3.05, 3.63) is 29.8 Å². The molecule has 10 heteroatoms. The highest BCUT2D eigenvalue weighted by Crippen LogP contribution is 2.16. The van der Waals surface area contributed by atoms with Crippen LogP contribution in [0.3, 0.4) is 0 Å². The minimum absolute atomic E-state index is 0.110. The Morgan fingerprint density at radius 1 is 1.19 bits per heavy atom. The monoisotopic (exact) mass is 436 g/mol. The van der Waals surface area contributed by atoms with Gasteiger partial charge in [-0.3, -0.25) is 19.7 Å². The Bertz CT molecular complexity index is 724. The minimum atomic E-state index is -0.812. The molecule has 172 valence electrons. The van der Waals surface area contributed by atoms with E-state index in [1.165, 1.54) is 6.07 Å². The molecule has 1 aliphatic rings. The molecule has 2 rings (SSSR count). The lowest BCUT2D eigenvalue weighted by Gasteiger charge is -2.26. The van der Waals surface area contributed by atoms with Gasteiger partial charge in [0.2, 0.25) is 5.91 Å². The molecule has 0 aromatic heterocycles. The number of benzene rings is 1. The van der Waals surface area contributed by atoms with Crippen LogP contribution in [0.4, 0.5) is 10.5 Å². The van der Waals surface area contributed by atoms with Gasteiger partial charge in [-0.05, 0) is 18.6 Å². The number of hydrogen-bond donors (Lipinski definition) is 4. The molecule has 4 N–H and O–H groups in total. The van der Waals surface area contributed by atoms with Crippen LogP contribution >= 0.6 is 0 Å². The van der Waals surface area contributed by atoms with Crippen LogP contribution in [0.2, 0.25) is 0 Å². The summed E-state index contributed by atoms with van der Waals surface area (Å²) in [7, 11) is 0. The van der Waals surface area contributed by atoms with Gasteiger partial charge in [0.1, 0.15) is 12.6 Å². The van der Waals surface area contributed by atoms with E-state index >= 15 is 0 Å². The molecule has 1 heterocycles. The highest BCUT2D eigenvalue weighted by molar-refractivity contribution is 6.04. The fourth-order valence-electron chi connectivity index (χ4n) is 3.21. The number of rotatable bonds is 11. The van der Waals surface area contributed by atoms with E-state index in [9.17, 15) is 14.4 Å². The summed E-state index contributed by atoms with van der Waals surface area (Å²) in [5.74, 6) is -1.20. The Morgan fingerprint density at radius 2 is 1.94 bits per heavy atom. The molecule has 1 saturated heterocycles. The third-order valence-corrected chi connectivity index (χ3v) is 4.98.